The molecule has 1 aromatic rings. The fraction of sp³-hybridized carbons (Fsp3) is 0.650. The number of ether oxygens (including phenoxy) is 2. The van der Waals surface area contributed by atoms with Crippen LogP contribution >= 0.6 is 0 Å². The number of carbonyl (C=O) groups excluding carboxylic acids is 1. The van der Waals surface area contributed by atoms with Gasteiger partial charge in [0.15, 0.2) is 0 Å². The van der Waals surface area contributed by atoms with E-state index in [0.717, 1.165) is 50.1 Å². The SMILES string of the molecule is Cc1ccc2c(c1)CN(C(=O)[C@@H]1CCCO1)CC1(CCN(C)CC1)O2. The third-order valence-electron chi connectivity index (χ3n) is 5.80. The Morgan fingerprint density at radius 3 is 2.80 bits per heavy atom. The van der Waals surface area contributed by atoms with Crippen molar-refractivity contribution in [2.45, 2.75) is 50.9 Å². The highest BCUT2D eigenvalue weighted by molar-refractivity contribution is 5.81. The number of benzene rings is 1. The monoisotopic (exact) mass is 344 g/mol. The normalized spacial score (nSPS) is 26.2. The minimum absolute atomic E-state index is 0.133. The molecule has 5 nitrogen and oxygen atoms in total. The molecule has 0 bridgehead atoms. The Hall–Kier alpha value is -1.59. The summed E-state index contributed by atoms with van der Waals surface area (Å²) in [5, 5.41) is 0. The fourth-order valence-corrected chi connectivity index (χ4v) is 4.22. The molecular weight excluding hydrogens is 316 g/mol. The molecule has 0 unspecified atom stereocenters. The zero-order valence-corrected chi connectivity index (χ0v) is 15.3. The predicted molar refractivity (Wildman–Crippen MR) is 95.7 cm³/mol. The second-order valence-electron chi connectivity index (χ2n) is 7.90. The summed E-state index contributed by atoms with van der Waals surface area (Å²) in [6, 6.07) is 6.32. The fourth-order valence-electron chi connectivity index (χ4n) is 4.22. The number of aryl methyl sites for hydroxylation is 1. The Bertz CT molecular complexity index is 646. The van der Waals surface area contributed by atoms with E-state index >= 15 is 0 Å². The van der Waals surface area contributed by atoms with Crippen LogP contribution in [0.2, 0.25) is 0 Å². The van der Waals surface area contributed by atoms with Crippen LogP contribution < -0.4 is 4.74 Å². The molecule has 1 spiro atoms. The lowest BCUT2D eigenvalue weighted by atomic mass is 9.90. The second-order valence-corrected chi connectivity index (χ2v) is 7.90. The summed E-state index contributed by atoms with van der Waals surface area (Å²) in [4.78, 5) is 17.4. The molecule has 3 aliphatic heterocycles. The summed E-state index contributed by atoms with van der Waals surface area (Å²) in [5.74, 6) is 1.08. The van der Waals surface area contributed by atoms with Gasteiger partial charge in [-0.05, 0) is 32.9 Å². The lowest BCUT2D eigenvalue weighted by molar-refractivity contribution is -0.144. The van der Waals surface area contributed by atoms with Crippen molar-refractivity contribution in [3.63, 3.8) is 0 Å². The van der Waals surface area contributed by atoms with Crippen molar-refractivity contribution in [2.75, 3.05) is 33.3 Å². The van der Waals surface area contributed by atoms with Crippen LogP contribution in [0.15, 0.2) is 18.2 Å². The van der Waals surface area contributed by atoms with Crippen LogP contribution in [0.25, 0.3) is 0 Å². The average Bonchev–Trinajstić information content (AvgIpc) is 3.08. The van der Waals surface area contributed by atoms with Gasteiger partial charge in [0.2, 0.25) is 0 Å². The Morgan fingerprint density at radius 2 is 2.08 bits per heavy atom. The van der Waals surface area contributed by atoms with Gasteiger partial charge in [0.05, 0.1) is 6.54 Å². The maximum Gasteiger partial charge on any atom is 0.252 e. The number of piperidine rings is 1. The number of nitrogens with zero attached hydrogens (tertiary/aromatic N) is 2. The molecular formula is C20H28N2O3. The molecule has 25 heavy (non-hydrogen) atoms. The highest BCUT2D eigenvalue weighted by atomic mass is 16.5. The van der Waals surface area contributed by atoms with Crippen LogP contribution in [-0.4, -0.2) is 60.7 Å². The second kappa shape index (κ2) is 6.61. The third kappa shape index (κ3) is 3.40. The summed E-state index contributed by atoms with van der Waals surface area (Å²) in [6.07, 6.45) is 3.45. The summed E-state index contributed by atoms with van der Waals surface area (Å²) >= 11 is 0. The average molecular weight is 344 g/mol. The zero-order chi connectivity index (χ0) is 17.4. The van der Waals surface area contributed by atoms with Crippen LogP contribution in [0.4, 0.5) is 0 Å². The van der Waals surface area contributed by atoms with E-state index in [1.54, 1.807) is 0 Å². The van der Waals surface area contributed by atoms with Crippen molar-refractivity contribution in [3.05, 3.63) is 29.3 Å². The van der Waals surface area contributed by atoms with Gasteiger partial charge >= 0.3 is 0 Å². The van der Waals surface area contributed by atoms with Gasteiger partial charge in [0, 0.05) is 44.6 Å². The van der Waals surface area contributed by atoms with Crippen molar-refractivity contribution in [1.29, 1.82) is 0 Å². The molecule has 136 valence electrons. The van der Waals surface area contributed by atoms with Crippen molar-refractivity contribution in [1.82, 2.24) is 9.80 Å². The first-order valence-electron chi connectivity index (χ1n) is 9.42. The summed E-state index contributed by atoms with van der Waals surface area (Å²) < 4.78 is 12.2. The van der Waals surface area contributed by atoms with Crippen LogP contribution in [-0.2, 0) is 16.1 Å². The Balaban J connectivity index is 1.65. The van der Waals surface area contributed by atoms with Gasteiger partial charge in [-0.1, -0.05) is 17.7 Å². The predicted octanol–water partition coefficient (Wildman–Crippen LogP) is 2.36. The van der Waals surface area contributed by atoms with Gasteiger partial charge in [0.1, 0.15) is 17.5 Å². The van der Waals surface area contributed by atoms with Gasteiger partial charge in [-0.2, -0.15) is 0 Å². The lowest BCUT2D eigenvalue weighted by Crippen LogP contribution is -2.54. The third-order valence-corrected chi connectivity index (χ3v) is 5.80. The minimum atomic E-state index is -0.277. The lowest BCUT2D eigenvalue weighted by Gasteiger charge is -2.42. The van der Waals surface area contributed by atoms with E-state index in [4.69, 9.17) is 9.47 Å². The number of likely N-dealkylation sites (tertiary alicyclic amines) is 1. The van der Waals surface area contributed by atoms with Crippen molar-refractivity contribution < 1.29 is 14.3 Å². The number of carbonyl (C=O) groups is 1. The Morgan fingerprint density at radius 1 is 1.28 bits per heavy atom. The van der Waals surface area contributed by atoms with Gasteiger partial charge in [-0.3, -0.25) is 4.79 Å². The van der Waals surface area contributed by atoms with E-state index in [0.29, 0.717) is 19.7 Å². The first kappa shape index (κ1) is 16.9. The molecule has 0 aromatic heterocycles. The van der Waals surface area contributed by atoms with Crippen molar-refractivity contribution in [2.24, 2.45) is 0 Å². The smallest absolute Gasteiger partial charge is 0.252 e. The molecule has 0 aliphatic carbocycles. The van der Waals surface area contributed by atoms with Crippen LogP contribution in [0.3, 0.4) is 0 Å². The molecule has 3 aliphatic rings. The van der Waals surface area contributed by atoms with Gasteiger partial charge in [-0.15, -0.1) is 0 Å². The summed E-state index contributed by atoms with van der Waals surface area (Å²) in [5.41, 5.74) is 2.04. The summed E-state index contributed by atoms with van der Waals surface area (Å²) in [6.45, 7) is 6.07. The number of amides is 1. The highest BCUT2D eigenvalue weighted by Crippen LogP contribution is 2.36. The number of fused-ring (bicyclic) bond motifs is 1. The molecule has 5 heteroatoms. The van der Waals surface area contributed by atoms with E-state index in [1.165, 1.54) is 5.56 Å². The van der Waals surface area contributed by atoms with E-state index < -0.39 is 0 Å². The highest BCUT2D eigenvalue weighted by Gasteiger charge is 2.42. The van der Waals surface area contributed by atoms with E-state index in [-0.39, 0.29) is 17.6 Å². The van der Waals surface area contributed by atoms with Crippen molar-refractivity contribution in [3.8, 4) is 5.75 Å². The maximum atomic E-state index is 13.1. The molecule has 1 atom stereocenters. The maximum absolute atomic E-state index is 13.1. The van der Waals surface area contributed by atoms with Crippen LogP contribution in [0.1, 0.15) is 36.8 Å². The van der Waals surface area contributed by atoms with Crippen LogP contribution in [0, 0.1) is 6.92 Å². The number of hydrogen-bond acceptors (Lipinski definition) is 4. The molecule has 2 fully saturated rings. The first-order chi connectivity index (χ1) is 12.0. The van der Waals surface area contributed by atoms with Crippen LogP contribution in [0.5, 0.6) is 5.75 Å². The Labute approximate surface area is 149 Å². The molecule has 4 rings (SSSR count). The molecule has 3 heterocycles. The molecule has 0 N–H and O–H groups in total. The Kier molecular flexibility index (Phi) is 4.46. The van der Waals surface area contributed by atoms with E-state index in [2.05, 4.69) is 37.1 Å². The molecule has 0 saturated carbocycles. The molecule has 0 radical (unpaired) electrons. The zero-order valence-electron chi connectivity index (χ0n) is 15.3. The first-order valence-corrected chi connectivity index (χ1v) is 9.42. The largest absolute Gasteiger partial charge is 0.485 e. The molecule has 1 amide bonds. The van der Waals surface area contributed by atoms with Gasteiger partial charge in [0.25, 0.3) is 5.91 Å². The van der Waals surface area contributed by atoms with E-state index in [1.807, 2.05) is 4.90 Å². The van der Waals surface area contributed by atoms with Gasteiger partial charge in [-0.25, -0.2) is 0 Å². The van der Waals surface area contributed by atoms with Crippen molar-refractivity contribution >= 4 is 5.91 Å². The summed E-state index contributed by atoms with van der Waals surface area (Å²) in [7, 11) is 2.15. The molecule has 2 saturated heterocycles. The number of hydrogen-bond donors (Lipinski definition) is 0. The topological polar surface area (TPSA) is 42.0 Å². The quantitative estimate of drug-likeness (QED) is 0.784. The van der Waals surface area contributed by atoms with E-state index in [9.17, 15) is 4.79 Å². The standard InChI is InChI=1S/C20H28N2O3/c1-15-5-6-17-16(12-15)13-22(19(23)18-4-3-11-24-18)14-20(25-17)7-9-21(2)10-8-20/h5-6,12,18H,3-4,7-11,13-14H2,1-2H3/t18-/m0/s1. The minimum Gasteiger partial charge on any atom is -0.485 e. The van der Waals surface area contributed by atoms with Gasteiger partial charge < -0.3 is 19.3 Å². The molecule has 1 aromatic carbocycles. The number of rotatable bonds is 1.